The van der Waals surface area contributed by atoms with E-state index in [0.29, 0.717) is 39.9 Å². The highest BCUT2D eigenvalue weighted by atomic mass is 32.3. The molecule has 5 saturated carbocycles. The summed E-state index contributed by atoms with van der Waals surface area (Å²) in [6.07, 6.45) is 22.9. The molecule has 2 N–H and O–H groups in total. The predicted octanol–water partition coefficient (Wildman–Crippen LogP) is 10.0. The molecule has 0 aromatic carbocycles. The molecule has 54 heavy (non-hydrogen) atoms. The highest BCUT2D eigenvalue weighted by Crippen LogP contribution is 2.78. The standard InChI is InChI=1S/C43H73NO2.CO2.H2O4S/c1-30(2)29-37(45)46-36-19-21-40(7)34(39(36,5)6)18-22-42(9)35(40)16-15-33-38-32(31(3)4)17-23-43(38,25-24-41(33,42)8)20-11-10-12-26-44-27-13-14-28-44;2-1-3;1-5(2,3)4/h30,32-36,38H,3,10-29H2,1-2,4-9H3;;(H2,1,2,3,4)/t32-,33+,34-,35+,36-,38+,40-,41+,42+,43+;;/m0../s1. The Hall–Kier alpha value is -1.58. The number of unbranched alkanes of at least 4 members (excludes halogenated alkanes) is 2. The number of fused-ring (bicyclic) bond motifs is 7. The number of ether oxygens (including phenoxy) is 1. The third kappa shape index (κ3) is 9.24. The number of likely N-dealkylation sites (tertiary alicyclic amines) is 1. The van der Waals surface area contributed by atoms with Crippen molar-refractivity contribution in [3.63, 3.8) is 0 Å². The molecule has 0 spiro atoms. The Morgan fingerprint density at radius 2 is 1.48 bits per heavy atom. The van der Waals surface area contributed by atoms with E-state index in [9.17, 15) is 4.79 Å². The molecule has 6 rings (SSSR count). The van der Waals surface area contributed by atoms with Gasteiger partial charge in [0.2, 0.25) is 0 Å². The largest absolute Gasteiger partial charge is 0.462 e. The van der Waals surface area contributed by atoms with Crippen molar-refractivity contribution in [1.82, 2.24) is 4.90 Å². The Balaban J connectivity index is 0.000000741. The van der Waals surface area contributed by atoms with Crippen LogP contribution in [-0.2, 0) is 29.5 Å². The number of hydrogen-bond donors (Lipinski definition) is 2. The van der Waals surface area contributed by atoms with Gasteiger partial charge in [-0.25, -0.2) is 0 Å². The smallest absolute Gasteiger partial charge is 0.394 e. The van der Waals surface area contributed by atoms with E-state index in [0.717, 1.165) is 30.1 Å². The van der Waals surface area contributed by atoms with E-state index in [1.165, 1.54) is 122 Å². The Labute approximate surface area is 328 Å². The fourth-order valence-corrected chi connectivity index (χ4v) is 14.4. The number of hydrogen-bond acceptors (Lipinski definition) is 7. The van der Waals surface area contributed by atoms with Gasteiger partial charge in [-0.15, -0.1) is 0 Å². The average molecular weight is 778 g/mol. The average Bonchev–Trinajstić information content (AvgIpc) is 3.71. The van der Waals surface area contributed by atoms with Crippen LogP contribution in [-0.4, -0.2) is 60.3 Å². The first-order valence-corrected chi connectivity index (χ1v) is 22.8. The number of carbonyl (C=O) groups excluding carboxylic acids is 3. The van der Waals surface area contributed by atoms with Gasteiger partial charge in [0.15, 0.2) is 0 Å². The summed E-state index contributed by atoms with van der Waals surface area (Å²) >= 11 is 0. The first-order chi connectivity index (χ1) is 25.1. The second-order valence-electron chi connectivity index (χ2n) is 20.4. The van der Waals surface area contributed by atoms with Crippen LogP contribution >= 0.6 is 0 Å². The zero-order valence-corrected chi connectivity index (χ0v) is 35.9. The second-order valence-corrected chi connectivity index (χ2v) is 21.3. The van der Waals surface area contributed by atoms with Gasteiger partial charge >= 0.3 is 22.5 Å². The molecule has 1 saturated heterocycles. The first kappa shape index (κ1) is 45.1. The lowest BCUT2D eigenvalue weighted by Gasteiger charge is -2.73. The van der Waals surface area contributed by atoms with Crippen molar-refractivity contribution < 1.29 is 36.6 Å². The van der Waals surface area contributed by atoms with Gasteiger partial charge in [0.25, 0.3) is 0 Å². The van der Waals surface area contributed by atoms with Crippen molar-refractivity contribution in [2.24, 2.45) is 62.6 Å². The second kappa shape index (κ2) is 17.5. The molecular formula is C44H75NO8S. The Morgan fingerprint density at radius 1 is 0.852 bits per heavy atom. The summed E-state index contributed by atoms with van der Waals surface area (Å²) < 4.78 is 37.9. The fourth-order valence-electron chi connectivity index (χ4n) is 14.4. The molecule has 0 aromatic heterocycles. The van der Waals surface area contributed by atoms with Gasteiger partial charge in [-0.1, -0.05) is 73.5 Å². The summed E-state index contributed by atoms with van der Waals surface area (Å²) in [4.78, 5) is 31.8. The van der Waals surface area contributed by atoms with Gasteiger partial charge in [-0.2, -0.15) is 18.0 Å². The number of rotatable bonds is 10. The molecule has 0 aromatic rings. The van der Waals surface area contributed by atoms with Crippen LogP contribution in [0.3, 0.4) is 0 Å². The molecule has 0 bridgehead atoms. The molecule has 0 unspecified atom stereocenters. The van der Waals surface area contributed by atoms with Gasteiger partial charge in [-0.05, 0) is 174 Å². The molecule has 9 nitrogen and oxygen atoms in total. The van der Waals surface area contributed by atoms with E-state index in [2.05, 4.69) is 66.9 Å². The molecule has 0 radical (unpaired) electrons. The lowest BCUT2D eigenvalue weighted by Crippen LogP contribution is -2.66. The van der Waals surface area contributed by atoms with Gasteiger partial charge in [-0.3, -0.25) is 13.9 Å². The molecule has 6 fully saturated rings. The van der Waals surface area contributed by atoms with E-state index >= 15 is 0 Å². The molecular weight excluding hydrogens is 703 g/mol. The maximum absolute atomic E-state index is 12.8. The molecule has 10 heteroatoms. The Morgan fingerprint density at radius 3 is 2.07 bits per heavy atom. The van der Waals surface area contributed by atoms with E-state index in [-0.39, 0.29) is 23.6 Å². The van der Waals surface area contributed by atoms with Gasteiger partial charge in [0.1, 0.15) is 6.10 Å². The minimum Gasteiger partial charge on any atom is -0.462 e. The van der Waals surface area contributed by atoms with Crippen LogP contribution in [0.2, 0.25) is 0 Å². The Kier molecular flexibility index (Phi) is 14.6. The van der Waals surface area contributed by atoms with Crippen molar-refractivity contribution in [2.75, 3.05) is 19.6 Å². The highest BCUT2D eigenvalue weighted by Gasteiger charge is 2.71. The minimum absolute atomic E-state index is 0.0197. The number of allylic oxidation sites excluding steroid dienone is 1. The topological polar surface area (TPSA) is 138 Å². The van der Waals surface area contributed by atoms with Crippen LogP contribution in [0.5, 0.6) is 0 Å². The predicted molar refractivity (Wildman–Crippen MR) is 212 cm³/mol. The number of carbonyl (C=O) groups is 1. The molecule has 6 aliphatic rings. The third-order valence-electron chi connectivity index (χ3n) is 16.9. The minimum atomic E-state index is -4.67. The van der Waals surface area contributed by atoms with Crippen LogP contribution in [0, 0.1) is 62.6 Å². The lowest BCUT2D eigenvalue weighted by molar-refractivity contribution is -0.250. The maximum atomic E-state index is 12.8. The van der Waals surface area contributed by atoms with E-state index in [1.807, 2.05) is 0 Å². The van der Waals surface area contributed by atoms with Crippen LogP contribution < -0.4 is 0 Å². The maximum Gasteiger partial charge on any atom is 0.394 e. The first-order valence-electron chi connectivity index (χ1n) is 21.4. The van der Waals surface area contributed by atoms with Crippen LogP contribution in [0.4, 0.5) is 0 Å². The van der Waals surface area contributed by atoms with E-state index in [4.69, 9.17) is 31.8 Å². The van der Waals surface area contributed by atoms with Crippen LogP contribution in [0.15, 0.2) is 12.2 Å². The number of nitrogens with zero attached hydrogens (tertiary/aromatic N) is 1. The summed E-state index contributed by atoms with van der Waals surface area (Å²) in [5.41, 5.74) is 3.22. The summed E-state index contributed by atoms with van der Waals surface area (Å²) in [5, 5.41) is 0. The van der Waals surface area contributed by atoms with Gasteiger partial charge < -0.3 is 9.64 Å². The van der Waals surface area contributed by atoms with Crippen LogP contribution in [0.25, 0.3) is 0 Å². The van der Waals surface area contributed by atoms with Crippen molar-refractivity contribution in [3.05, 3.63) is 12.2 Å². The highest BCUT2D eigenvalue weighted by molar-refractivity contribution is 7.79. The lowest BCUT2D eigenvalue weighted by atomic mass is 9.32. The normalized spacial score (nSPS) is 39.6. The molecule has 0 amide bonds. The SMILES string of the molecule is C=C(C)[C@@H]1CC[C@]2(CCCCCN3CCCC3)CC[C@]3(C)[C@H](CC[C@@H]4[C@@]5(C)CC[C@H](OC(=O)CC(C)C)C(C)(C)[C@@H]5CC[C@]43C)[C@@H]12.O=C=O.O=S(=O)(O)O. The number of esters is 1. The van der Waals surface area contributed by atoms with Crippen molar-refractivity contribution in [3.8, 4) is 0 Å². The monoisotopic (exact) mass is 778 g/mol. The summed E-state index contributed by atoms with van der Waals surface area (Å²) in [7, 11) is -4.67. The molecule has 1 heterocycles. The third-order valence-corrected chi connectivity index (χ3v) is 16.9. The van der Waals surface area contributed by atoms with Crippen molar-refractivity contribution in [1.29, 1.82) is 0 Å². The fraction of sp³-hybridized carbons (Fsp3) is 0.909. The summed E-state index contributed by atoms with van der Waals surface area (Å²) in [5.74, 6) is 4.20. The zero-order chi connectivity index (χ0) is 40.3. The molecule has 310 valence electrons. The van der Waals surface area contributed by atoms with Gasteiger partial charge in [0, 0.05) is 11.8 Å². The Bertz CT molecular complexity index is 1440. The summed E-state index contributed by atoms with van der Waals surface area (Å²) in [6.45, 7) is 28.5. The van der Waals surface area contributed by atoms with E-state index in [1.54, 1.807) is 0 Å². The van der Waals surface area contributed by atoms with Crippen LogP contribution in [0.1, 0.15) is 165 Å². The van der Waals surface area contributed by atoms with Crippen molar-refractivity contribution >= 4 is 22.5 Å². The summed E-state index contributed by atoms with van der Waals surface area (Å²) in [6, 6.07) is 0. The quantitative estimate of drug-likeness (QED) is 0.0961. The zero-order valence-electron chi connectivity index (χ0n) is 35.1. The molecule has 10 atom stereocenters. The molecule has 5 aliphatic carbocycles. The molecule has 1 aliphatic heterocycles. The van der Waals surface area contributed by atoms with Gasteiger partial charge in [0.05, 0.1) is 0 Å². The van der Waals surface area contributed by atoms with E-state index < -0.39 is 10.4 Å². The van der Waals surface area contributed by atoms with Crippen molar-refractivity contribution in [2.45, 2.75) is 171 Å².